The topological polar surface area (TPSA) is 68.9 Å². The molecule has 0 radical (unpaired) electrons. The fourth-order valence-electron chi connectivity index (χ4n) is 1.19. The number of thioether (sulfide) groups is 1. The van der Waals surface area contributed by atoms with Crippen LogP contribution in [0.15, 0.2) is 35.5 Å². The summed E-state index contributed by atoms with van der Waals surface area (Å²) in [6.45, 7) is 0. The lowest BCUT2D eigenvalue weighted by atomic mass is 10.3. The Labute approximate surface area is 90.9 Å². The highest BCUT2D eigenvalue weighted by Gasteiger charge is 2.00. The van der Waals surface area contributed by atoms with Crippen molar-refractivity contribution in [1.82, 2.24) is 9.97 Å². The summed E-state index contributed by atoms with van der Waals surface area (Å²) in [6.07, 6.45) is 3.30. The maximum atomic E-state index is 10.6. The standard InChI is InChI=1S/C10H9N3OS/c11-10(14)6-15-7-1-2-8-9(5-7)13-4-3-12-8/h1-5H,6H2,(H2,11,14). The van der Waals surface area contributed by atoms with E-state index >= 15 is 0 Å². The predicted octanol–water partition coefficient (Wildman–Crippen LogP) is 1.21. The maximum absolute atomic E-state index is 10.6. The van der Waals surface area contributed by atoms with Crippen LogP contribution in [-0.4, -0.2) is 21.6 Å². The van der Waals surface area contributed by atoms with Crippen LogP contribution in [0, 0.1) is 0 Å². The second-order valence-corrected chi connectivity index (χ2v) is 4.01. The van der Waals surface area contributed by atoms with Gasteiger partial charge in [-0.15, -0.1) is 11.8 Å². The van der Waals surface area contributed by atoms with Crippen LogP contribution >= 0.6 is 11.8 Å². The van der Waals surface area contributed by atoms with Crippen molar-refractivity contribution in [3.8, 4) is 0 Å². The van der Waals surface area contributed by atoms with Crippen LogP contribution in [0.4, 0.5) is 0 Å². The molecule has 0 aliphatic carbocycles. The number of primary amides is 1. The van der Waals surface area contributed by atoms with Gasteiger partial charge in [-0.25, -0.2) is 0 Å². The molecule has 0 saturated heterocycles. The summed E-state index contributed by atoms with van der Waals surface area (Å²) in [5, 5.41) is 0. The van der Waals surface area contributed by atoms with E-state index in [0.29, 0.717) is 0 Å². The number of carbonyl (C=O) groups is 1. The Bertz CT molecular complexity index is 501. The molecule has 0 atom stereocenters. The average Bonchev–Trinajstić information content (AvgIpc) is 2.26. The first-order valence-corrected chi connectivity index (χ1v) is 5.36. The number of hydrogen-bond acceptors (Lipinski definition) is 4. The van der Waals surface area contributed by atoms with E-state index in [4.69, 9.17) is 5.73 Å². The maximum Gasteiger partial charge on any atom is 0.227 e. The monoisotopic (exact) mass is 219 g/mol. The molecular formula is C10H9N3OS. The third-order valence-electron chi connectivity index (χ3n) is 1.82. The van der Waals surface area contributed by atoms with Gasteiger partial charge in [0.2, 0.25) is 5.91 Å². The molecule has 15 heavy (non-hydrogen) atoms. The average molecular weight is 219 g/mol. The van der Waals surface area contributed by atoms with E-state index in [1.54, 1.807) is 12.4 Å². The molecule has 1 amide bonds. The van der Waals surface area contributed by atoms with Crippen molar-refractivity contribution in [2.45, 2.75) is 4.90 Å². The van der Waals surface area contributed by atoms with E-state index in [1.165, 1.54) is 11.8 Å². The Morgan fingerprint density at radius 2 is 2.00 bits per heavy atom. The van der Waals surface area contributed by atoms with Crippen molar-refractivity contribution in [3.63, 3.8) is 0 Å². The number of aromatic nitrogens is 2. The van der Waals surface area contributed by atoms with Gasteiger partial charge in [0.25, 0.3) is 0 Å². The fourth-order valence-corrected chi connectivity index (χ4v) is 1.86. The van der Waals surface area contributed by atoms with E-state index < -0.39 is 0 Å². The first-order valence-electron chi connectivity index (χ1n) is 4.37. The van der Waals surface area contributed by atoms with Crippen LogP contribution in [0.25, 0.3) is 11.0 Å². The van der Waals surface area contributed by atoms with Crippen molar-refractivity contribution >= 4 is 28.7 Å². The summed E-state index contributed by atoms with van der Waals surface area (Å²) in [6, 6.07) is 5.69. The van der Waals surface area contributed by atoms with Gasteiger partial charge >= 0.3 is 0 Å². The van der Waals surface area contributed by atoms with Crippen LogP contribution in [0.2, 0.25) is 0 Å². The van der Waals surface area contributed by atoms with Crippen LogP contribution in [0.3, 0.4) is 0 Å². The number of hydrogen-bond donors (Lipinski definition) is 1. The molecule has 0 spiro atoms. The van der Waals surface area contributed by atoms with Gasteiger partial charge in [0.05, 0.1) is 16.8 Å². The smallest absolute Gasteiger partial charge is 0.227 e. The minimum Gasteiger partial charge on any atom is -0.369 e. The molecule has 2 rings (SSSR count). The molecule has 0 aliphatic rings. The zero-order valence-electron chi connectivity index (χ0n) is 7.88. The molecule has 5 heteroatoms. The lowest BCUT2D eigenvalue weighted by molar-refractivity contribution is -0.115. The lowest BCUT2D eigenvalue weighted by Gasteiger charge is -2.00. The van der Waals surface area contributed by atoms with Crippen molar-refractivity contribution in [1.29, 1.82) is 0 Å². The summed E-state index contributed by atoms with van der Waals surface area (Å²) in [5.41, 5.74) is 6.74. The first kappa shape index (κ1) is 9.92. The van der Waals surface area contributed by atoms with E-state index in [0.717, 1.165) is 15.9 Å². The van der Waals surface area contributed by atoms with Gasteiger partial charge < -0.3 is 5.73 Å². The Balaban J connectivity index is 2.26. The van der Waals surface area contributed by atoms with Gasteiger partial charge in [-0.1, -0.05) is 0 Å². The molecule has 0 bridgehead atoms. The lowest BCUT2D eigenvalue weighted by Crippen LogP contribution is -2.12. The highest BCUT2D eigenvalue weighted by molar-refractivity contribution is 8.00. The van der Waals surface area contributed by atoms with Crippen molar-refractivity contribution in [3.05, 3.63) is 30.6 Å². The molecule has 2 aromatic rings. The van der Waals surface area contributed by atoms with E-state index in [9.17, 15) is 4.79 Å². The Morgan fingerprint density at radius 3 is 2.73 bits per heavy atom. The number of carbonyl (C=O) groups excluding carboxylic acids is 1. The molecular weight excluding hydrogens is 210 g/mol. The largest absolute Gasteiger partial charge is 0.369 e. The third-order valence-corrected chi connectivity index (χ3v) is 2.84. The number of nitrogens with two attached hydrogens (primary N) is 1. The predicted molar refractivity (Wildman–Crippen MR) is 59.5 cm³/mol. The van der Waals surface area contributed by atoms with Crippen molar-refractivity contribution in [2.24, 2.45) is 5.73 Å². The van der Waals surface area contributed by atoms with Gasteiger partial charge in [-0.05, 0) is 18.2 Å². The number of rotatable bonds is 3. The molecule has 0 aliphatic heterocycles. The molecule has 1 aromatic carbocycles. The van der Waals surface area contributed by atoms with E-state index in [1.807, 2.05) is 18.2 Å². The molecule has 1 aromatic heterocycles. The van der Waals surface area contributed by atoms with Gasteiger partial charge in [-0.3, -0.25) is 14.8 Å². The van der Waals surface area contributed by atoms with E-state index in [2.05, 4.69) is 9.97 Å². The molecule has 0 unspecified atom stereocenters. The van der Waals surface area contributed by atoms with Gasteiger partial charge in [0.15, 0.2) is 0 Å². The van der Waals surface area contributed by atoms with E-state index in [-0.39, 0.29) is 11.7 Å². The second-order valence-electron chi connectivity index (χ2n) is 2.96. The van der Waals surface area contributed by atoms with Crippen LogP contribution in [0.1, 0.15) is 0 Å². The Kier molecular flexibility index (Phi) is 2.82. The number of fused-ring (bicyclic) bond motifs is 1. The third kappa shape index (κ3) is 2.44. The number of amides is 1. The quantitative estimate of drug-likeness (QED) is 0.788. The summed E-state index contributed by atoms with van der Waals surface area (Å²) >= 11 is 1.40. The molecule has 0 fully saturated rings. The van der Waals surface area contributed by atoms with Gasteiger partial charge in [0.1, 0.15) is 0 Å². The summed E-state index contributed by atoms with van der Waals surface area (Å²) in [7, 11) is 0. The minimum absolute atomic E-state index is 0.284. The molecule has 76 valence electrons. The van der Waals surface area contributed by atoms with Crippen LogP contribution in [-0.2, 0) is 4.79 Å². The van der Waals surface area contributed by atoms with Crippen LogP contribution in [0.5, 0.6) is 0 Å². The molecule has 0 saturated carbocycles. The van der Waals surface area contributed by atoms with Crippen molar-refractivity contribution < 1.29 is 4.79 Å². The zero-order valence-corrected chi connectivity index (χ0v) is 8.70. The normalized spacial score (nSPS) is 10.4. The zero-order chi connectivity index (χ0) is 10.7. The van der Waals surface area contributed by atoms with Gasteiger partial charge in [-0.2, -0.15) is 0 Å². The molecule has 2 N–H and O–H groups in total. The van der Waals surface area contributed by atoms with Crippen LogP contribution < -0.4 is 5.73 Å². The highest BCUT2D eigenvalue weighted by atomic mass is 32.2. The SMILES string of the molecule is NC(=O)CSc1ccc2nccnc2c1. The molecule has 1 heterocycles. The highest BCUT2D eigenvalue weighted by Crippen LogP contribution is 2.20. The van der Waals surface area contributed by atoms with Gasteiger partial charge in [0, 0.05) is 17.3 Å². The Hall–Kier alpha value is -1.62. The number of benzene rings is 1. The fraction of sp³-hybridized carbons (Fsp3) is 0.100. The second kappa shape index (κ2) is 4.27. The first-order chi connectivity index (χ1) is 7.25. The minimum atomic E-state index is -0.320. The summed E-state index contributed by atoms with van der Waals surface area (Å²) in [5.74, 6) is -0.0366. The summed E-state index contributed by atoms with van der Waals surface area (Å²) < 4.78 is 0. The molecule has 4 nitrogen and oxygen atoms in total. The number of nitrogens with zero attached hydrogens (tertiary/aromatic N) is 2. The Morgan fingerprint density at radius 1 is 1.27 bits per heavy atom. The summed E-state index contributed by atoms with van der Waals surface area (Å²) in [4.78, 5) is 19.9. The van der Waals surface area contributed by atoms with Crippen molar-refractivity contribution in [2.75, 3.05) is 5.75 Å².